The van der Waals surface area contributed by atoms with Gasteiger partial charge in [0.15, 0.2) is 31.5 Å². The molecular formula is C33H58O18. The van der Waals surface area contributed by atoms with E-state index in [0.29, 0.717) is 12.8 Å². The first-order valence-electron chi connectivity index (χ1n) is 17.8. The topological polar surface area (TPSA) is 232 Å². The number of ether oxygens (including phenoxy) is 12. The number of rotatable bonds is 12. The molecule has 5 aliphatic heterocycles. The van der Waals surface area contributed by atoms with Gasteiger partial charge >= 0.3 is 0 Å². The molecule has 51 heavy (non-hydrogen) atoms. The molecule has 1 unspecified atom stereocenters. The van der Waals surface area contributed by atoms with Crippen molar-refractivity contribution in [1.29, 1.82) is 0 Å². The van der Waals surface area contributed by atoms with Gasteiger partial charge in [-0.2, -0.15) is 0 Å². The first kappa shape index (κ1) is 41.4. The Kier molecular flexibility index (Phi) is 14.9. The number of hydrogen-bond donors (Lipinski definition) is 6. The summed E-state index contributed by atoms with van der Waals surface area (Å²) in [4.78, 5) is 0. The van der Waals surface area contributed by atoms with Crippen LogP contribution in [0.2, 0.25) is 0 Å². The van der Waals surface area contributed by atoms with Gasteiger partial charge in [-0.05, 0) is 27.7 Å². The fourth-order valence-electron chi connectivity index (χ4n) is 7.64. The van der Waals surface area contributed by atoms with Crippen molar-refractivity contribution < 1.29 is 87.5 Å². The molecule has 0 bridgehead atoms. The molecule has 0 aromatic carbocycles. The average molecular weight is 743 g/mol. The SMILES string of the molecule is CO[C@H]1C[C@H](O[C@@H]2[C@@H](C)O[C@@H](O[C@H]3[C@@H](O)CC(O)O[C@@H]3C)C[C@H]2OC)O[C@H](C)[C@H]1O[C@H]1C[C@H](OC)[C@H](O[C@@H]2O[C@H](CO)[C@@H](O)[C@H](O)[C@H]2O)[C@@H](C)O1. The van der Waals surface area contributed by atoms with Crippen molar-refractivity contribution in [2.45, 2.75) is 182 Å². The van der Waals surface area contributed by atoms with E-state index >= 15 is 0 Å². The van der Waals surface area contributed by atoms with E-state index < -0.39 is 136 Å². The second-order valence-corrected chi connectivity index (χ2v) is 14.0. The van der Waals surface area contributed by atoms with Gasteiger partial charge in [0.05, 0.1) is 55.4 Å². The standard InChI is InChI=1S/C33H58O18/c1-13-29(17(35)8-22(36)43-13)48-23-9-18(40-5)30(14(2)44-23)49-24-10-19(41-6)31(15(3)45-24)50-25-11-20(42-7)32(16(4)46-25)51-33-28(39)27(38)26(37)21(12-34)47-33/h13-39H,8-12H2,1-7H3/t13-,14-,15-,16-,17+,18-,19+,20+,21-,22?,23+,24+,25+,26-,27+,28-,29-,30-,31-,32-,33+/m1/s1. The predicted octanol–water partition coefficient (Wildman–Crippen LogP) is -1.74. The van der Waals surface area contributed by atoms with E-state index in [9.17, 15) is 30.6 Å². The minimum Gasteiger partial charge on any atom is -0.394 e. The fraction of sp³-hybridized carbons (Fsp3) is 1.00. The molecule has 5 heterocycles. The molecular weight excluding hydrogens is 684 g/mol. The van der Waals surface area contributed by atoms with Crippen molar-refractivity contribution >= 4 is 0 Å². The zero-order valence-corrected chi connectivity index (χ0v) is 30.2. The van der Waals surface area contributed by atoms with E-state index in [0.717, 1.165) is 0 Å². The normalized spacial score (nSPS) is 51.4. The molecule has 0 aromatic heterocycles. The molecule has 18 nitrogen and oxygen atoms in total. The van der Waals surface area contributed by atoms with Crippen LogP contribution < -0.4 is 0 Å². The highest BCUT2D eigenvalue weighted by Crippen LogP contribution is 2.36. The summed E-state index contributed by atoms with van der Waals surface area (Å²) < 4.78 is 71.9. The van der Waals surface area contributed by atoms with Crippen molar-refractivity contribution in [3.8, 4) is 0 Å². The Bertz CT molecular complexity index is 1050. The van der Waals surface area contributed by atoms with E-state index in [1.165, 1.54) is 7.11 Å². The Morgan fingerprint density at radius 3 is 1.31 bits per heavy atom. The van der Waals surface area contributed by atoms with Crippen LogP contribution in [0, 0.1) is 0 Å². The first-order valence-corrected chi connectivity index (χ1v) is 17.8. The van der Waals surface area contributed by atoms with E-state index in [1.54, 1.807) is 28.1 Å². The number of hydrogen-bond acceptors (Lipinski definition) is 18. The van der Waals surface area contributed by atoms with Crippen LogP contribution in [0.4, 0.5) is 0 Å². The lowest BCUT2D eigenvalue weighted by Gasteiger charge is -2.47. The molecule has 18 heteroatoms. The Morgan fingerprint density at radius 2 is 0.902 bits per heavy atom. The fourth-order valence-corrected chi connectivity index (χ4v) is 7.64. The second kappa shape index (κ2) is 18.3. The van der Waals surface area contributed by atoms with Gasteiger partial charge in [-0.25, -0.2) is 0 Å². The Labute approximate surface area is 298 Å². The number of aliphatic hydroxyl groups is 6. The Hall–Kier alpha value is -0.720. The summed E-state index contributed by atoms with van der Waals surface area (Å²) in [5, 5.41) is 60.6. The van der Waals surface area contributed by atoms with Gasteiger partial charge in [-0.15, -0.1) is 0 Å². The van der Waals surface area contributed by atoms with Gasteiger partial charge in [-0.3, -0.25) is 0 Å². The predicted molar refractivity (Wildman–Crippen MR) is 170 cm³/mol. The molecule has 6 N–H and O–H groups in total. The molecule has 5 fully saturated rings. The highest BCUT2D eigenvalue weighted by Gasteiger charge is 2.50. The zero-order valence-electron chi connectivity index (χ0n) is 30.2. The summed E-state index contributed by atoms with van der Waals surface area (Å²) in [7, 11) is 4.67. The molecule has 5 rings (SSSR count). The third-order valence-electron chi connectivity index (χ3n) is 10.5. The van der Waals surface area contributed by atoms with Crippen LogP contribution >= 0.6 is 0 Å². The van der Waals surface area contributed by atoms with Crippen LogP contribution in [-0.2, 0) is 56.8 Å². The van der Waals surface area contributed by atoms with Gasteiger partial charge in [-0.1, -0.05) is 0 Å². The van der Waals surface area contributed by atoms with Gasteiger partial charge in [0.1, 0.15) is 48.8 Å². The molecule has 0 aromatic rings. The van der Waals surface area contributed by atoms with Crippen LogP contribution in [0.5, 0.6) is 0 Å². The third kappa shape index (κ3) is 9.57. The maximum absolute atomic E-state index is 10.5. The lowest BCUT2D eigenvalue weighted by molar-refractivity contribution is -0.358. The van der Waals surface area contributed by atoms with Crippen LogP contribution in [0.15, 0.2) is 0 Å². The molecule has 0 saturated carbocycles. The van der Waals surface area contributed by atoms with E-state index in [1.807, 2.05) is 13.8 Å². The number of methoxy groups -OCH3 is 3. The largest absolute Gasteiger partial charge is 0.394 e. The average Bonchev–Trinajstić information content (AvgIpc) is 3.09. The van der Waals surface area contributed by atoms with Crippen LogP contribution in [0.1, 0.15) is 53.4 Å². The van der Waals surface area contributed by atoms with Crippen molar-refractivity contribution in [3.05, 3.63) is 0 Å². The molecule has 0 radical (unpaired) electrons. The van der Waals surface area contributed by atoms with Crippen molar-refractivity contribution in [2.75, 3.05) is 27.9 Å². The van der Waals surface area contributed by atoms with Crippen LogP contribution in [0.25, 0.3) is 0 Å². The highest BCUT2D eigenvalue weighted by molar-refractivity contribution is 4.93. The third-order valence-corrected chi connectivity index (χ3v) is 10.5. The summed E-state index contributed by atoms with van der Waals surface area (Å²) in [6.45, 7) is 6.60. The van der Waals surface area contributed by atoms with Gasteiger partial charge in [0, 0.05) is 47.0 Å². The van der Waals surface area contributed by atoms with Gasteiger partial charge in [0.2, 0.25) is 0 Å². The lowest BCUT2D eigenvalue weighted by atomic mass is 9.97. The summed E-state index contributed by atoms with van der Waals surface area (Å²) in [6, 6.07) is 0. The zero-order chi connectivity index (χ0) is 37.1. The smallest absolute Gasteiger partial charge is 0.187 e. The lowest BCUT2D eigenvalue weighted by Crippen LogP contribution is -2.62. The summed E-state index contributed by atoms with van der Waals surface area (Å²) in [5.74, 6) is 0. The quantitative estimate of drug-likeness (QED) is 0.130. The van der Waals surface area contributed by atoms with Crippen LogP contribution in [0.3, 0.4) is 0 Å². The highest BCUT2D eigenvalue weighted by atomic mass is 16.8. The Balaban J connectivity index is 1.15. The molecule has 0 spiro atoms. The van der Waals surface area contributed by atoms with Gasteiger partial charge in [0.25, 0.3) is 0 Å². The minimum atomic E-state index is -1.58. The summed E-state index contributed by atoms with van der Waals surface area (Å²) >= 11 is 0. The molecule has 298 valence electrons. The van der Waals surface area contributed by atoms with E-state index in [4.69, 9.17) is 56.8 Å². The molecule has 21 atom stereocenters. The van der Waals surface area contributed by atoms with Crippen LogP contribution in [-0.4, -0.2) is 188 Å². The summed E-state index contributed by atoms with van der Waals surface area (Å²) in [5.41, 5.74) is 0. The van der Waals surface area contributed by atoms with Gasteiger partial charge < -0.3 is 87.5 Å². The second-order valence-electron chi connectivity index (χ2n) is 14.0. The molecule has 0 aliphatic carbocycles. The van der Waals surface area contributed by atoms with Crippen molar-refractivity contribution in [2.24, 2.45) is 0 Å². The summed E-state index contributed by atoms with van der Waals surface area (Å²) in [6.07, 6.45) is -16.3. The first-order chi connectivity index (χ1) is 24.3. The van der Waals surface area contributed by atoms with Crippen molar-refractivity contribution in [1.82, 2.24) is 0 Å². The minimum absolute atomic E-state index is 0.0403. The molecule has 5 saturated heterocycles. The molecule has 5 aliphatic rings. The van der Waals surface area contributed by atoms with E-state index in [2.05, 4.69) is 0 Å². The maximum atomic E-state index is 10.5. The van der Waals surface area contributed by atoms with Crippen molar-refractivity contribution in [3.63, 3.8) is 0 Å². The molecule has 0 amide bonds. The van der Waals surface area contributed by atoms with E-state index in [-0.39, 0.29) is 12.8 Å². The maximum Gasteiger partial charge on any atom is 0.187 e. The number of aliphatic hydroxyl groups excluding tert-OH is 6. The Morgan fingerprint density at radius 1 is 0.490 bits per heavy atom. The monoisotopic (exact) mass is 742 g/mol.